The topological polar surface area (TPSA) is 55.2 Å². The van der Waals surface area contributed by atoms with E-state index in [1.54, 1.807) is 25.6 Å². The smallest absolute Gasteiger partial charge is 0.130 e. The first-order valence-electron chi connectivity index (χ1n) is 3.76. The molecule has 0 spiro atoms. The molecule has 0 aliphatic rings. The van der Waals surface area contributed by atoms with E-state index in [1.807, 2.05) is 0 Å². The summed E-state index contributed by atoms with van der Waals surface area (Å²) < 4.78 is 4.97. The van der Waals surface area contributed by atoms with Gasteiger partial charge in [-0.2, -0.15) is 0 Å². The quantitative estimate of drug-likeness (QED) is 0.689. The summed E-state index contributed by atoms with van der Waals surface area (Å²) >= 11 is 0. The summed E-state index contributed by atoms with van der Waals surface area (Å²) in [5.74, 6) is 0.693. The highest BCUT2D eigenvalue weighted by Gasteiger charge is 2.07. The van der Waals surface area contributed by atoms with Crippen LogP contribution in [0.1, 0.15) is 5.82 Å². The number of ether oxygens (including phenoxy) is 1. The fraction of sp³-hybridized carbons (Fsp3) is 0.500. The fourth-order valence-electron chi connectivity index (χ4n) is 0.861. The molecule has 0 radical (unpaired) electrons. The maximum atomic E-state index is 8.81. The molecule has 0 bridgehead atoms. The van der Waals surface area contributed by atoms with Crippen molar-refractivity contribution in [3.05, 3.63) is 24.3 Å². The zero-order valence-electron chi connectivity index (χ0n) is 6.97. The Morgan fingerprint density at radius 1 is 1.50 bits per heavy atom. The van der Waals surface area contributed by atoms with Gasteiger partial charge in [0.2, 0.25) is 0 Å². The minimum atomic E-state index is -0.201. The third-order valence-electron chi connectivity index (χ3n) is 1.57. The molecule has 0 fully saturated rings. The van der Waals surface area contributed by atoms with Crippen molar-refractivity contribution in [1.82, 2.24) is 9.97 Å². The number of methoxy groups -OCH3 is 1. The molecule has 1 heterocycles. The lowest BCUT2D eigenvalue weighted by Crippen LogP contribution is -2.19. The highest BCUT2D eigenvalue weighted by molar-refractivity contribution is 4.90. The van der Waals surface area contributed by atoms with Gasteiger partial charge in [-0.15, -0.1) is 0 Å². The molecule has 0 saturated heterocycles. The average Bonchev–Trinajstić information content (AvgIpc) is 2.16. The van der Waals surface area contributed by atoms with E-state index in [1.165, 1.54) is 0 Å². The second-order valence-electron chi connectivity index (χ2n) is 2.41. The molecule has 1 atom stereocenters. The van der Waals surface area contributed by atoms with Gasteiger partial charge in [0.25, 0.3) is 0 Å². The molecule has 0 saturated carbocycles. The van der Waals surface area contributed by atoms with E-state index < -0.39 is 0 Å². The first kappa shape index (κ1) is 9.09. The third kappa shape index (κ3) is 2.56. The molecule has 1 unspecified atom stereocenters. The average molecular weight is 168 g/mol. The van der Waals surface area contributed by atoms with Gasteiger partial charge in [0.1, 0.15) is 5.82 Å². The normalized spacial score (nSPS) is 12.8. The van der Waals surface area contributed by atoms with Gasteiger partial charge in [0, 0.05) is 25.9 Å². The Labute approximate surface area is 71.2 Å². The Morgan fingerprint density at radius 2 is 2.17 bits per heavy atom. The van der Waals surface area contributed by atoms with Crippen molar-refractivity contribution in [2.75, 3.05) is 13.7 Å². The van der Waals surface area contributed by atoms with Crippen LogP contribution in [0.25, 0.3) is 0 Å². The molecule has 4 nitrogen and oxygen atoms in total. The Bertz CT molecular complexity index is 212. The van der Waals surface area contributed by atoms with Crippen LogP contribution in [-0.2, 0) is 11.2 Å². The molecule has 4 heteroatoms. The Morgan fingerprint density at radius 3 is 2.67 bits per heavy atom. The summed E-state index contributed by atoms with van der Waals surface area (Å²) in [4.78, 5) is 8.02. The van der Waals surface area contributed by atoms with E-state index in [0.717, 1.165) is 0 Å². The minimum Gasteiger partial charge on any atom is -0.394 e. The van der Waals surface area contributed by atoms with E-state index in [9.17, 15) is 0 Å². The molecule has 1 rings (SSSR count). The van der Waals surface area contributed by atoms with Crippen molar-refractivity contribution >= 4 is 0 Å². The van der Waals surface area contributed by atoms with Crippen LogP contribution in [0.15, 0.2) is 18.5 Å². The highest BCUT2D eigenvalue weighted by atomic mass is 16.5. The summed E-state index contributed by atoms with van der Waals surface area (Å²) in [6.07, 6.45) is 3.69. The minimum absolute atomic E-state index is 0.00520. The molecular formula is C8H12N2O2. The van der Waals surface area contributed by atoms with Crippen molar-refractivity contribution in [2.24, 2.45) is 0 Å². The van der Waals surface area contributed by atoms with E-state index in [2.05, 4.69) is 9.97 Å². The number of rotatable bonds is 4. The highest BCUT2D eigenvalue weighted by Crippen LogP contribution is 1.97. The van der Waals surface area contributed by atoms with Gasteiger partial charge in [0.15, 0.2) is 0 Å². The lowest BCUT2D eigenvalue weighted by Gasteiger charge is -2.09. The van der Waals surface area contributed by atoms with E-state index in [-0.39, 0.29) is 12.7 Å². The van der Waals surface area contributed by atoms with Crippen LogP contribution in [-0.4, -0.2) is 34.9 Å². The van der Waals surface area contributed by atoms with E-state index >= 15 is 0 Å². The van der Waals surface area contributed by atoms with Crippen LogP contribution in [0.5, 0.6) is 0 Å². The van der Waals surface area contributed by atoms with Crippen LogP contribution < -0.4 is 0 Å². The Balaban J connectivity index is 2.51. The second kappa shape index (κ2) is 4.79. The van der Waals surface area contributed by atoms with Crippen LogP contribution in [0.4, 0.5) is 0 Å². The lowest BCUT2D eigenvalue weighted by atomic mass is 10.2. The Hall–Kier alpha value is -1.00. The first-order chi connectivity index (χ1) is 5.86. The predicted octanol–water partition coefficient (Wildman–Crippen LogP) is 0.0264. The number of aromatic nitrogens is 2. The summed E-state index contributed by atoms with van der Waals surface area (Å²) in [5, 5.41) is 8.81. The van der Waals surface area contributed by atoms with Crippen molar-refractivity contribution in [3.8, 4) is 0 Å². The van der Waals surface area contributed by atoms with Gasteiger partial charge in [-0.05, 0) is 6.07 Å². The van der Waals surface area contributed by atoms with Crippen molar-refractivity contribution in [3.63, 3.8) is 0 Å². The van der Waals surface area contributed by atoms with Crippen molar-refractivity contribution in [1.29, 1.82) is 0 Å². The molecule has 1 aromatic heterocycles. The summed E-state index contributed by atoms with van der Waals surface area (Å²) in [6.45, 7) is -0.00520. The summed E-state index contributed by atoms with van der Waals surface area (Å²) in [7, 11) is 1.56. The molecule has 0 amide bonds. The Kier molecular flexibility index (Phi) is 3.63. The number of nitrogens with zero attached hydrogens (tertiary/aromatic N) is 2. The van der Waals surface area contributed by atoms with Gasteiger partial charge in [-0.1, -0.05) is 0 Å². The molecule has 1 aromatic rings. The molecule has 0 aliphatic heterocycles. The number of aliphatic hydroxyl groups is 1. The van der Waals surface area contributed by atoms with Crippen LogP contribution in [0, 0.1) is 0 Å². The second-order valence-corrected chi connectivity index (χ2v) is 2.41. The number of aliphatic hydroxyl groups excluding tert-OH is 1. The third-order valence-corrected chi connectivity index (χ3v) is 1.57. The molecule has 1 N–H and O–H groups in total. The van der Waals surface area contributed by atoms with Gasteiger partial charge in [-0.25, -0.2) is 9.97 Å². The molecule has 66 valence electrons. The van der Waals surface area contributed by atoms with Gasteiger partial charge in [0.05, 0.1) is 12.7 Å². The van der Waals surface area contributed by atoms with Gasteiger partial charge >= 0.3 is 0 Å². The van der Waals surface area contributed by atoms with Crippen molar-refractivity contribution in [2.45, 2.75) is 12.5 Å². The monoisotopic (exact) mass is 168 g/mol. The zero-order chi connectivity index (χ0) is 8.81. The van der Waals surface area contributed by atoms with Gasteiger partial charge < -0.3 is 9.84 Å². The molecule has 0 aliphatic carbocycles. The SMILES string of the molecule is COC(CO)Cc1ncccn1. The summed E-state index contributed by atoms with van der Waals surface area (Å²) in [6, 6.07) is 1.75. The van der Waals surface area contributed by atoms with Gasteiger partial charge in [-0.3, -0.25) is 0 Å². The summed E-state index contributed by atoms with van der Waals surface area (Å²) in [5.41, 5.74) is 0. The maximum Gasteiger partial charge on any atom is 0.130 e. The van der Waals surface area contributed by atoms with E-state index in [0.29, 0.717) is 12.2 Å². The molecule has 12 heavy (non-hydrogen) atoms. The largest absolute Gasteiger partial charge is 0.394 e. The predicted molar refractivity (Wildman–Crippen MR) is 43.6 cm³/mol. The van der Waals surface area contributed by atoms with Crippen LogP contribution in [0.3, 0.4) is 0 Å². The molecule has 0 aromatic carbocycles. The zero-order valence-corrected chi connectivity index (χ0v) is 6.97. The number of hydrogen-bond donors (Lipinski definition) is 1. The molecular weight excluding hydrogens is 156 g/mol. The van der Waals surface area contributed by atoms with Crippen LogP contribution in [0.2, 0.25) is 0 Å². The van der Waals surface area contributed by atoms with Crippen LogP contribution >= 0.6 is 0 Å². The first-order valence-corrected chi connectivity index (χ1v) is 3.76. The number of hydrogen-bond acceptors (Lipinski definition) is 4. The van der Waals surface area contributed by atoms with Crippen molar-refractivity contribution < 1.29 is 9.84 Å². The van der Waals surface area contributed by atoms with E-state index in [4.69, 9.17) is 9.84 Å². The maximum absolute atomic E-state index is 8.81. The lowest BCUT2D eigenvalue weighted by molar-refractivity contribution is 0.0481. The fourth-order valence-corrected chi connectivity index (χ4v) is 0.861. The standard InChI is InChI=1S/C8H12N2O2/c1-12-7(6-11)5-8-9-3-2-4-10-8/h2-4,7,11H,5-6H2,1H3.